The first-order chi connectivity index (χ1) is 14.7. The topological polar surface area (TPSA) is 71.7 Å². The molecule has 0 bridgehead atoms. The molecule has 1 saturated heterocycles. The largest absolute Gasteiger partial charge is 0.497 e. The summed E-state index contributed by atoms with van der Waals surface area (Å²) in [6.45, 7) is 4.32. The lowest BCUT2D eigenvalue weighted by Crippen LogP contribution is -2.49. The van der Waals surface area contributed by atoms with Crippen molar-refractivity contribution in [3.8, 4) is 16.5 Å². The first-order valence-corrected chi connectivity index (χ1v) is 11.1. The molecule has 0 aliphatic carbocycles. The Bertz CT molecular complexity index is 932. The molecule has 0 N–H and O–H groups in total. The average molecular weight is 427 g/mol. The van der Waals surface area contributed by atoms with Crippen molar-refractivity contribution in [1.29, 1.82) is 0 Å². The molecule has 4 rings (SSSR count). The Morgan fingerprint density at radius 3 is 2.67 bits per heavy atom. The second-order valence-electron chi connectivity index (χ2n) is 7.34. The molecule has 1 aliphatic rings. The number of ether oxygens (including phenoxy) is 1. The predicted octanol–water partition coefficient (Wildman–Crippen LogP) is 3.13. The van der Waals surface area contributed by atoms with Gasteiger partial charge in [0.25, 0.3) is 0 Å². The zero-order valence-electron chi connectivity index (χ0n) is 17.1. The number of carbonyl (C=O) groups is 1. The van der Waals surface area contributed by atoms with Crippen molar-refractivity contribution in [2.75, 3.05) is 39.8 Å². The Morgan fingerprint density at radius 2 is 1.97 bits per heavy atom. The van der Waals surface area contributed by atoms with Crippen molar-refractivity contribution in [3.63, 3.8) is 0 Å². The fourth-order valence-electron chi connectivity index (χ4n) is 3.57. The first-order valence-electron chi connectivity index (χ1n) is 10.2. The van der Waals surface area contributed by atoms with Gasteiger partial charge in [0.15, 0.2) is 0 Å². The van der Waals surface area contributed by atoms with Crippen LogP contribution in [0.4, 0.5) is 0 Å². The molecule has 1 aliphatic heterocycles. The minimum atomic E-state index is 0.187. The number of aryl methyl sites for hydroxylation is 1. The highest BCUT2D eigenvalue weighted by atomic mass is 32.1. The Balaban J connectivity index is 1.17. The maximum atomic E-state index is 12.6. The van der Waals surface area contributed by atoms with Crippen LogP contribution in [0.25, 0.3) is 10.7 Å². The van der Waals surface area contributed by atoms with E-state index in [4.69, 9.17) is 9.26 Å². The Hall–Kier alpha value is -2.71. The van der Waals surface area contributed by atoms with Crippen LogP contribution in [0.2, 0.25) is 0 Å². The second kappa shape index (κ2) is 9.86. The van der Waals surface area contributed by atoms with Gasteiger partial charge in [-0.15, -0.1) is 11.3 Å². The summed E-state index contributed by atoms with van der Waals surface area (Å²) in [4.78, 5) is 22.4. The first kappa shape index (κ1) is 20.6. The van der Waals surface area contributed by atoms with Crippen molar-refractivity contribution in [1.82, 2.24) is 19.9 Å². The molecule has 7 nitrogen and oxygen atoms in total. The lowest BCUT2D eigenvalue weighted by Gasteiger charge is -2.34. The molecular weight excluding hydrogens is 400 g/mol. The third kappa shape index (κ3) is 5.25. The van der Waals surface area contributed by atoms with Gasteiger partial charge in [0.05, 0.1) is 18.4 Å². The van der Waals surface area contributed by atoms with E-state index in [1.165, 1.54) is 0 Å². The average Bonchev–Trinajstić information content (AvgIpc) is 3.47. The van der Waals surface area contributed by atoms with E-state index in [-0.39, 0.29) is 5.91 Å². The number of piperazine rings is 1. The molecule has 0 atom stereocenters. The molecule has 0 unspecified atom stereocenters. The maximum absolute atomic E-state index is 12.6. The summed E-state index contributed by atoms with van der Waals surface area (Å²) in [5, 5.41) is 6.06. The zero-order chi connectivity index (χ0) is 20.8. The summed E-state index contributed by atoms with van der Waals surface area (Å²) in [7, 11) is 1.64. The molecule has 1 aromatic carbocycles. The summed E-state index contributed by atoms with van der Waals surface area (Å²) in [5.74, 6) is 2.35. The highest BCUT2D eigenvalue weighted by molar-refractivity contribution is 7.13. The number of amides is 1. The number of benzene rings is 1. The van der Waals surface area contributed by atoms with Gasteiger partial charge in [-0.25, -0.2) is 0 Å². The smallest absolute Gasteiger partial charge is 0.227 e. The Kier molecular flexibility index (Phi) is 6.76. The molecule has 8 heteroatoms. The van der Waals surface area contributed by atoms with E-state index in [1.807, 2.05) is 46.7 Å². The van der Waals surface area contributed by atoms with E-state index in [0.717, 1.165) is 61.8 Å². The summed E-state index contributed by atoms with van der Waals surface area (Å²) in [5.41, 5.74) is 1.02. The normalized spacial score (nSPS) is 14.8. The zero-order valence-corrected chi connectivity index (χ0v) is 17.9. The summed E-state index contributed by atoms with van der Waals surface area (Å²) in [6.07, 6.45) is 2.18. The van der Waals surface area contributed by atoms with E-state index in [0.29, 0.717) is 18.1 Å². The van der Waals surface area contributed by atoms with E-state index < -0.39 is 0 Å². The van der Waals surface area contributed by atoms with Gasteiger partial charge >= 0.3 is 0 Å². The monoisotopic (exact) mass is 426 g/mol. The van der Waals surface area contributed by atoms with Crippen LogP contribution in [0.15, 0.2) is 46.3 Å². The van der Waals surface area contributed by atoms with Crippen LogP contribution >= 0.6 is 11.3 Å². The van der Waals surface area contributed by atoms with Gasteiger partial charge < -0.3 is 14.2 Å². The molecule has 3 aromatic rings. The molecule has 0 saturated carbocycles. The highest BCUT2D eigenvalue weighted by Gasteiger charge is 2.21. The summed E-state index contributed by atoms with van der Waals surface area (Å²) < 4.78 is 10.5. The molecule has 158 valence electrons. The number of rotatable bonds is 8. The van der Waals surface area contributed by atoms with E-state index >= 15 is 0 Å². The number of hydrogen-bond donors (Lipinski definition) is 0. The molecule has 1 amide bonds. The van der Waals surface area contributed by atoms with Gasteiger partial charge in [-0.1, -0.05) is 23.4 Å². The van der Waals surface area contributed by atoms with Gasteiger partial charge in [-0.05, 0) is 42.1 Å². The quantitative estimate of drug-likeness (QED) is 0.551. The van der Waals surface area contributed by atoms with Gasteiger partial charge in [0.1, 0.15) is 5.75 Å². The van der Waals surface area contributed by atoms with Crippen LogP contribution in [-0.4, -0.2) is 65.7 Å². The van der Waals surface area contributed by atoms with Crippen LogP contribution in [-0.2, 0) is 17.6 Å². The highest BCUT2D eigenvalue weighted by Crippen LogP contribution is 2.21. The van der Waals surface area contributed by atoms with Crippen LogP contribution in [0.1, 0.15) is 17.9 Å². The third-order valence-electron chi connectivity index (χ3n) is 5.31. The number of methoxy groups -OCH3 is 1. The van der Waals surface area contributed by atoms with Crippen molar-refractivity contribution in [2.45, 2.75) is 19.3 Å². The molecule has 0 spiro atoms. The number of hydrogen-bond acceptors (Lipinski definition) is 7. The number of aromatic nitrogens is 2. The molecule has 3 heterocycles. The molecule has 1 fully saturated rings. The summed E-state index contributed by atoms with van der Waals surface area (Å²) in [6, 6.07) is 11.7. The van der Waals surface area contributed by atoms with Crippen molar-refractivity contribution < 1.29 is 14.1 Å². The van der Waals surface area contributed by atoms with Crippen LogP contribution in [0, 0.1) is 0 Å². The van der Waals surface area contributed by atoms with Crippen molar-refractivity contribution >= 4 is 17.2 Å². The van der Waals surface area contributed by atoms with Gasteiger partial charge in [-0.2, -0.15) is 4.98 Å². The van der Waals surface area contributed by atoms with Crippen LogP contribution in [0.3, 0.4) is 0 Å². The van der Waals surface area contributed by atoms with Crippen LogP contribution < -0.4 is 4.74 Å². The molecular formula is C22H26N4O3S. The van der Waals surface area contributed by atoms with E-state index in [1.54, 1.807) is 18.4 Å². The fourth-order valence-corrected chi connectivity index (χ4v) is 4.22. The van der Waals surface area contributed by atoms with Crippen LogP contribution in [0.5, 0.6) is 5.75 Å². The van der Waals surface area contributed by atoms with Gasteiger partial charge in [0.2, 0.25) is 17.6 Å². The minimum absolute atomic E-state index is 0.187. The van der Waals surface area contributed by atoms with Crippen molar-refractivity contribution in [3.05, 3.63) is 53.2 Å². The van der Waals surface area contributed by atoms with E-state index in [2.05, 4.69) is 15.0 Å². The lowest BCUT2D eigenvalue weighted by molar-refractivity contribution is -0.132. The van der Waals surface area contributed by atoms with E-state index in [9.17, 15) is 4.79 Å². The van der Waals surface area contributed by atoms with Crippen molar-refractivity contribution in [2.24, 2.45) is 0 Å². The predicted molar refractivity (Wildman–Crippen MR) is 116 cm³/mol. The number of nitrogens with zero attached hydrogens (tertiary/aromatic N) is 4. The minimum Gasteiger partial charge on any atom is -0.497 e. The SMILES string of the molecule is COc1ccc(CC(=O)N2CCN(CCCc3nc(-c4cccs4)no3)CC2)cc1. The third-order valence-corrected chi connectivity index (χ3v) is 6.18. The number of thiophene rings is 1. The lowest BCUT2D eigenvalue weighted by atomic mass is 10.1. The standard InChI is InChI=1S/C22H26N4O3S/c1-28-18-8-6-17(7-9-18)16-21(27)26-13-11-25(12-14-26)10-2-5-20-23-22(24-29-20)19-4-3-15-30-19/h3-4,6-9,15H,2,5,10-14,16H2,1H3. The fraction of sp³-hybridized carbons (Fsp3) is 0.409. The second-order valence-corrected chi connectivity index (χ2v) is 8.29. The Morgan fingerprint density at radius 1 is 1.17 bits per heavy atom. The maximum Gasteiger partial charge on any atom is 0.227 e. The van der Waals surface area contributed by atoms with Gasteiger partial charge in [0, 0.05) is 32.6 Å². The summed E-state index contributed by atoms with van der Waals surface area (Å²) >= 11 is 1.61. The van der Waals surface area contributed by atoms with Gasteiger partial charge in [-0.3, -0.25) is 9.69 Å². The molecule has 30 heavy (non-hydrogen) atoms. The molecule has 2 aromatic heterocycles. The molecule has 0 radical (unpaired) electrons. The number of carbonyl (C=O) groups excluding carboxylic acids is 1. The Labute approximate surface area is 180 Å².